The van der Waals surface area contributed by atoms with E-state index in [1.165, 1.54) is 0 Å². The zero-order valence-corrected chi connectivity index (χ0v) is 13.8. The monoisotopic (exact) mass is 310 g/mol. The lowest BCUT2D eigenvalue weighted by molar-refractivity contribution is 0.395. The van der Waals surface area contributed by atoms with Gasteiger partial charge in [0.2, 0.25) is 10.0 Å². The molecule has 2 rings (SSSR count). The molecule has 4 nitrogen and oxygen atoms in total. The highest BCUT2D eigenvalue weighted by atomic mass is 32.2. The lowest BCUT2D eigenvalue weighted by Crippen LogP contribution is -2.33. The second kappa shape index (κ2) is 7.38. The van der Waals surface area contributed by atoms with Crippen LogP contribution in [0.2, 0.25) is 0 Å². The van der Waals surface area contributed by atoms with Crippen LogP contribution in [0.4, 0.5) is 0 Å². The maximum absolute atomic E-state index is 12.7. The fourth-order valence-electron chi connectivity index (χ4n) is 2.35. The summed E-state index contributed by atoms with van der Waals surface area (Å²) in [6.07, 6.45) is 3.18. The first-order valence-electron chi connectivity index (χ1n) is 7.87. The Labute approximate surface area is 128 Å². The van der Waals surface area contributed by atoms with Crippen LogP contribution in [0.3, 0.4) is 0 Å². The summed E-state index contributed by atoms with van der Waals surface area (Å²) in [4.78, 5) is 0.414. The van der Waals surface area contributed by atoms with Crippen molar-refractivity contribution in [3.8, 4) is 0 Å². The highest BCUT2D eigenvalue weighted by Gasteiger charge is 2.31. The minimum Gasteiger partial charge on any atom is -0.313 e. The topological polar surface area (TPSA) is 49.4 Å². The first kappa shape index (κ1) is 16.5. The van der Waals surface area contributed by atoms with E-state index in [-0.39, 0.29) is 0 Å². The minimum absolute atomic E-state index is 0.414. The van der Waals surface area contributed by atoms with Crippen molar-refractivity contribution in [2.75, 3.05) is 19.6 Å². The largest absolute Gasteiger partial charge is 0.313 e. The molecule has 118 valence electrons. The highest BCUT2D eigenvalue weighted by molar-refractivity contribution is 7.89. The van der Waals surface area contributed by atoms with Crippen LogP contribution in [-0.4, -0.2) is 32.4 Å². The van der Waals surface area contributed by atoms with E-state index in [1.807, 2.05) is 19.1 Å². The molecule has 1 aromatic rings. The molecule has 1 N–H and O–H groups in total. The molecular formula is C16H26N2O2S. The van der Waals surface area contributed by atoms with Crippen molar-refractivity contribution in [2.45, 2.75) is 44.6 Å². The Morgan fingerprint density at radius 3 is 2.38 bits per heavy atom. The molecule has 0 atom stereocenters. The van der Waals surface area contributed by atoms with Gasteiger partial charge in [-0.1, -0.05) is 26.0 Å². The van der Waals surface area contributed by atoms with Crippen molar-refractivity contribution in [3.05, 3.63) is 29.8 Å². The molecule has 1 aromatic carbocycles. The average Bonchev–Trinajstić information content (AvgIpc) is 3.29. The van der Waals surface area contributed by atoms with Crippen molar-refractivity contribution in [1.29, 1.82) is 0 Å². The average molecular weight is 310 g/mol. The van der Waals surface area contributed by atoms with Crippen LogP contribution in [0.15, 0.2) is 29.2 Å². The Bertz CT molecular complexity index is 536. The van der Waals surface area contributed by atoms with Crippen molar-refractivity contribution in [2.24, 2.45) is 5.92 Å². The molecule has 0 spiro atoms. The summed E-state index contributed by atoms with van der Waals surface area (Å²) >= 11 is 0. The first-order chi connectivity index (χ1) is 10.1. The quantitative estimate of drug-likeness (QED) is 0.763. The van der Waals surface area contributed by atoms with Crippen LogP contribution in [0.1, 0.15) is 38.7 Å². The Kier molecular flexibility index (Phi) is 5.79. The molecule has 1 fully saturated rings. The molecule has 1 aliphatic carbocycles. The van der Waals surface area contributed by atoms with Gasteiger partial charge in [-0.2, -0.15) is 4.31 Å². The van der Waals surface area contributed by atoms with Gasteiger partial charge in [0.25, 0.3) is 0 Å². The zero-order chi connectivity index (χ0) is 15.3. The van der Waals surface area contributed by atoms with Crippen LogP contribution < -0.4 is 5.32 Å². The molecule has 0 amide bonds. The lowest BCUT2D eigenvalue weighted by atomic mass is 10.2. The Morgan fingerprint density at radius 1 is 1.19 bits per heavy atom. The van der Waals surface area contributed by atoms with Gasteiger partial charge in [-0.05, 0) is 49.4 Å². The van der Waals surface area contributed by atoms with Crippen LogP contribution in [-0.2, 0) is 16.6 Å². The first-order valence-corrected chi connectivity index (χ1v) is 9.31. The van der Waals surface area contributed by atoms with E-state index in [0.717, 1.165) is 37.9 Å². The second-order valence-electron chi connectivity index (χ2n) is 5.73. The van der Waals surface area contributed by atoms with Crippen LogP contribution >= 0.6 is 0 Å². The number of nitrogens with zero attached hydrogens (tertiary/aromatic N) is 1. The molecule has 0 radical (unpaired) electrons. The van der Waals surface area contributed by atoms with E-state index < -0.39 is 10.0 Å². The smallest absolute Gasteiger partial charge is 0.243 e. The number of nitrogens with one attached hydrogen (secondary N) is 1. The van der Waals surface area contributed by atoms with Crippen molar-refractivity contribution >= 4 is 10.0 Å². The molecule has 0 bridgehead atoms. The third-order valence-electron chi connectivity index (χ3n) is 3.77. The molecule has 0 unspecified atom stereocenters. The third kappa shape index (κ3) is 4.53. The standard InChI is InChI=1S/C16H26N2O2S/c1-3-11-18(13-15-5-6-15)21(19,20)16-9-7-14(8-10-16)12-17-4-2/h7-10,15,17H,3-6,11-13H2,1-2H3. The van der Waals surface area contributed by atoms with E-state index in [2.05, 4.69) is 12.2 Å². The van der Waals surface area contributed by atoms with Gasteiger partial charge in [-0.3, -0.25) is 0 Å². The van der Waals surface area contributed by atoms with Crippen LogP contribution in [0, 0.1) is 5.92 Å². The second-order valence-corrected chi connectivity index (χ2v) is 7.67. The van der Waals surface area contributed by atoms with Gasteiger partial charge in [0.1, 0.15) is 0 Å². The summed E-state index contributed by atoms with van der Waals surface area (Å²) in [7, 11) is -3.34. The molecular weight excluding hydrogens is 284 g/mol. The van der Waals surface area contributed by atoms with Gasteiger partial charge >= 0.3 is 0 Å². The number of hydrogen-bond donors (Lipinski definition) is 1. The van der Waals surface area contributed by atoms with Gasteiger partial charge in [0.05, 0.1) is 4.90 Å². The minimum atomic E-state index is -3.34. The Balaban J connectivity index is 2.12. The molecule has 0 saturated heterocycles. The van der Waals surface area contributed by atoms with E-state index in [9.17, 15) is 8.42 Å². The van der Waals surface area contributed by atoms with Crippen LogP contribution in [0.5, 0.6) is 0 Å². The molecule has 1 saturated carbocycles. The molecule has 0 aliphatic heterocycles. The fraction of sp³-hybridized carbons (Fsp3) is 0.625. The maximum atomic E-state index is 12.7. The third-order valence-corrected chi connectivity index (χ3v) is 5.65. The van der Waals surface area contributed by atoms with Crippen molar-refractivity contribution in [3.63, 3.8) is 0 Å². The molecule has 5 heteroatoms. The summed E-state index contributed by atoms with van der Waals surface area (Å²) in [5, 5.41) is 3.24. The van der Waals surface area contributed by atoms with E-state index in [0.29, 0.717) is 23.9 Å². The number of benzene rings is 1. The van der Waals surface area contributed by atoms with Gasteiger partial charge in [0, 0.05) is 19.6 Å². The highest BCUT2D eigenvalue weighted by Crippen LogP contribution is 2.31. The number of sulfonamides is 1. The molecule has 0 aromatic heterocycles. The van der Waals surface area contributed by atoms with E-state index in [4.69, 9.17) is 0 Å². The van der Waals surface area contributed by atoms with Gasteiger partial charge in [-0.25, -0.2) is 8.42 Å². The summed E-state index contributed by atoms with van der Waals surface area (Å²) < 4.78 is 27.1. The molecule has 21 heavy (non-hydrogen) atoms. The molecule has 1 aliphatic rings. The normalized spacial score (nSPS) is 15.6. The SMILES string of the molecule is CCCN(CC1CC1)S(=O)(=O)c1ccc(CNCC)cc1. The van der Waals surface area contributed by atoms with Crippen LogP contribution in [0.25, 0.3) is 0 Å². The van der Waals surface area contributed by atoms with Gasteiger partial charge in [-0.15, -0.1) is 0 Å². The van der Waals surface area contributed by atoms with Gasteiger partial charge in [0.15, 0.2) is 0 Å². The predicted molar refractivity (Wildman–Crippen MR) is 85.6 cm³/mol. The van der Waals surface area contributed by atoms with Crippen molar-refractivity contribution in [1.82, 2.24) is 9.62 Å². The lowest BCUT2D eigenvalue weighted by Gasteiger charge is -2.21. The number of hydrogen-bond acceptors (Lipinski definition) is 3. The zero-order valence-electron chi connectivity index (χ0n) is 13.0. The van der Waals surface area contributed by atoms with E-state index >= 15 is 0 Å². The summed E-state index contributed by atoms with van der Waals surface area (Å²) in [5.74, 6) is 0.569. The van der Waals surface area contributed by atoms with Gasteiger partial charge < -0.3 is 5.32 Å². The maximum Gasteiger partial charge on any atom is 0.243 e. The van der Waals surface area contributed by atoms with Crippen molar-refractivity contribution < 1.29 is 8.42 Å². The van der Waals surface area contributed by atoms with E-state index in [1.54, 1.807) is 16.4 Å². The summed E-state index contributed by atoms with van der Waals surface area (Å²) in [5.41, 5.74) is 1.11. The Morgan fingerprint density at radius 2 is 1.86 bits per heavy atom. The summed E-state index contributed by atoms with van der Waals surface area (Å²) in [6.45, 7) is 7.05. The summed E-state index contributed by atoms with van der Waals surface area (Å²) in [6, 6.07) is 7.27. The Hall–Kier alpha value is -0.910. The molecule has 0 heterocycles. The number of rotatable bonds is 9. The predicted octanol–water partition coefficient (Wildman–Crippen LogP) is 2.61. The fourth-order valence-corrected chi connectivity index (χ4v) is 3.95.